The lowest BCUT2D eigenvalue weighted by Gasteiger charge is -2.06. The molecule has 0 unspecified atom stereocenters. The molecule has 3 nitrogen and oxygen atoms in total. The maximum atomic E-state index is 11.3. The number of rotatable bonds is 7. The van der Waals surface area contributed by atoms with E-state index in [4.69, 9.17) is 4.74 Å². The van der Waals surface area contributed by atoms with Crippen molar-refractivity contribution in [1.29, 1.82) is 0 Å². The summed E-state index contributed by atoms with van der Waals surface area (Å²) in [4.78, 5) is 11.3. The van der Waals surface area contributed by atoms with Gasteiger partial charge in [0.25, 0.3) is 5.91 Å². The van der Waals surface area contributed by atoms with Crippen LogP contribution in [-0.4, -0.2) is 23.5 Å². The Morgan fingerprint density at radius 2 is 2.00 bits per heavy atom. The Hall–Kier alpha value is -0.780. The van der Waals surface area contributed by atoms with E-state index in [9.17, 15) is 4.79 Å². The molecular formula is C12H16INO2. The third-order valence-electron chi connectivity index (χ3n) is 2.00. The number of carbonyl (C=O) groups excluding carboxylic acids is 1. The van der Waals surface area contributed by atoms with Gasteiger partial charge in [-0.1, -0.05) is 40.8 Å². The van der Waals surface area contributed by atoms with Crippen LogP contribution >= 0.6 is 22.6 Å². The van der Waals surface area contributed by atoms with Gasteiger partial charge in [0.15, 0.2) is 6.61 Å². The summed E-state index contributed by atoms with van der Waals surface area (Å²) in [6, 6.07) is 9.35. The lowest BCUT2D eigenvalue weighted by Crippen LogP contribution is -2.29. The van der Waals surface area contributed by atoms with Crippen LogP contribution in [0.15, 0.2) is 30.3 Å². The molecule has 0 aliphatic heterocycles. The molecule has 0 atom stereocenters. The molecule has 0 aliphatic carbocycles. The molecule has 0 bridgehead atoms. The van der Waals surface area contributed by atoms with Gasteiger partial charge in [0, 0.05) is 6.54 Å². The number of benzene rings is 1. The van der Waals surface area contributed by atoms with Crippen molar-refractivity contribution < 1.29 is 9.53 Å². The third-order valence-corrected chi connectivity index (χ3v) is 2.76. The standard InChI is InChI=1S/C12H16INO2/c13-8-4-5-9-14-12(15)10-16-11-6-2-1-3-7-11/h1-3,6-7H,4-5,8-10H2,(H,14,15). The second-order valence-corrected chi connectivity index (χ2v) is 4.43. The summed E-state index contributed by atoms with van der Waals surface area (Å²) in [7, 11) is 0. The van der Waals surface area contributed by atoms with E-state index in [2.05, 4.69) is 27.9 Å². The predicted octanol–water partition coefficient (Wildman–Crippen LogP) is 2.40. The zero-order valence-corrected chi connectivity index (χ0v) is 11.3. The molecule has 88 valence electrons. The average Bonchev–Trinajstić information content (AvgIpc) is 2.33. The zero-order chi connectivity index (χ0) is 11.6. The molecule has 0 radical (unpaired) electrons. The normalized spacial score (nSPS) is 9.81. The van der Waals surface area contributed by atoms with Gasteiger partial charge in [-0.2, -0.15) is 0 Å². The van der Waals surface area contributed by atoms with E-state index < -0.39 is 0 Å². The van der Waals surface area contributed by atoms with E-state index in [-0.39, 0.29) is 12.5 Å². The highest BCUT2D eigenvalue weighted by molar-refractivity contribution is 14.1. The molecule has 0 heterocycles. The number of hydrogen-bond donors (Lipinski definition) is 1. The van der Waals surface area contributed by atoms with Gasteiger partial charge in [-0.25, -0.2) is 0 Å². The van der Waals surface area contributed by atoms with Crippen LogP contribution in [-0.2, 0) is 4.79 Å². The van der Waals surface area contributed by atoms with Crippen LogP contribution in [0.4, 0.5) is 0 Å². The fourth-order valence-electron chi connectivity index (χ4n) is 1.16. The number of para-hydroxylation sites is 1. The highest BCUT2D eigenvalue weighted by Crippen LogP contribution is 2.07. The summed E-state index contributed by atoms with van der Waals surface area (Å²) in [5.74, 6) is 0.669. The molecule has 1 aromatic rings. The van der Waals surface area contributed by atoms with E-state index in [0.29, 0.717) is 0 Å². The summed E-state index contributed by atoms with van der Waals surface area (Å²) in [5, 5.41) is 2.82. The number of hydrogen-bond acceptors (Lipinski definition) is 2. The first-order valence-electron chi connectivity index (χ1n) is 5.33. The van der Waals surface area contributed by atoms with Crippen LogP contribution in [0, 0.1) is 0 Å². The molecule has 16 heavy (non-hydrogen) atoms. The van der Waals surface area contributed by atoms with Crippen LogP contribution in [0.5, 0.6) is 5.75 Å². The Balaban J connectivity index is 2.11. The van der Waals surface area contributed by atoms with Gasteiger partial charge in [-0.05, 0) is 29.4 Å². The molecule has 1 rings (SSSR count). The largest absolute Gasteiger partial charge is 0.484 e. The maximum absolute atomic E-state index is 11.3. The number of ether oxygens (including phenoxy) is 1. The second kappa shape index (κ2) is 8.38. The van der Waals surface area contributed by atoms with E-state index in [1.165, 1.54) is 0 Å². The number of carbonyl (C=O) groups is 1. The molecule has 0 fully saturated rings. The van der Waals surface area contributed by atoms with Gasteiger partial charge in [0.1, 0.15) is 5.75 Å². The first-order chi connectivity index (χ1) is 7.83. The molecule has 0 saturated carbocycles. The van der Waals surface area contributed by atoms with Crippen LogP contribution in [0.3, 0.4) is 0 Å². The topological polar surface area (TPSA) is 38.3 Å². The van der Waals surface area contributed by atoms with Gasteiger partial charge >= 0.3 is 0 Å². The number of unbranched alkanes of at least 4 members (excludes halogenated alkanes) is 1. The summed E-state index contributed by atoms with van der Waals surface area (Å²) in [6.45, 7) is 0.828. The quantitative estimate of drug-likeness (QED) is 0.473. The Kier molecular flexibility index (Phi) is 6.96. The van der Waals surface area contributed by atoms with E-state index in [1.807, 2.05) is 30.3 Å². The Morgan fingerprint density at radius 1 is 1.25 bits per heavy atom. The van der Waals surface area contributed by atoms with Gasteiger partial charge in [0.2, 0.25) is 0 Å². The Labute approximate surface area is 110 Å². The Morgan fingerprint density at radius 3 is 2.69 bits per heavy atom. The van der Waals surface area contributed by atoms with E-state index >= 15 is 0 Å². The lowest BCUT2D eigenvalue weighted by atomic mass is 10.3. The Bertz CT molecular complexity index is 303. The van der Waals surface area contributed by atoms with Crippen molar-refractivity contribution in [3.05, 3.63) is 30.3 Å². The van der Waals surface area contributed by atoms with Crippen molar-refractivity contribution in [3.8, 4) is 5.75 Å². The minimum absolute atomic E-state index is 0.0580. The van der Waals surface area contributed by atoms with Gasteiger partial charge in [-0.15, -0.1) is 0 Å². The molecular weight excluding hydrogens is 317 g/mol. The molecule has 0 saturated heterocycles. The molecule has 1 N–H and O–H groups in total. The van der Waals surface area contributed by atoms with E-state index in [1.54, 1.807) is 0 Å². The molecule has 0 aromatic heterocycles. The van der Waals surface area contributed by atoms with Crippen molar-refractivity contribution in [2.24, 2.45) is 0 Å². The van der Waals surface area contributed by atoms with Gasteiger partial charge in [-0.3, -0.25) is 4.79 Å². The fourth-order valence-corrected chi connectivity index (χ4v) is 1.70. The van der Waals surface area contributed by atoms with E-state index in [0.717, 1.165) is 29.6 Å². The van der Waals surface area contributed by atoms with Crippen LogP contribution in [0.1, 0.15) is 12.8 Å². The summed E-state index contributed by atoms with van der Waals surface area (Å²) >= 11 is 2.33. The average molecular weight is 333 g/mol. The smallest absolute Gasteiger partial charge is 0.257 e. The first kappa shape index (κ1) is 13.3. The van der Waals surface area contributed by atoms with Crippen molar-refractivity contribution in [2.45, 2.75) is 12.8 Å². The minimum atomic E-state index is -0.0580. The number of halogens is 1. The van der Waals surface area contributed by atoms with Crippen molar-refractivity contribution in [3.63, 3.8) is 0 Å². The number of nitrogens with one attached hydrogen (secondary N) is 1. The molecule has 0 aliphatic rings. The summed E-state index contributed by atoms with van der Waals surface area (Å²) in [5.41, 5.74) is 0. The highest BCUT2D eigenvalue weighted by Gasteiger charge is 2.00. The minimum Gasteiger partial charge on any atom is -0.484 e. The highest BCUT2D eigenvalue weighted by atomic mass is 127. The monoisotopic (exact) mass is 333 g/mol. The second-order valence-electron chi connectivity index (χ2n) is 3.35. The van der Waals surface area contributed by atoms with Crippen LogP contribution in [0.25, 0.3) is 0 Å². The maximum Gasteiger partial charge on any atom is 0.257 e. The molecule has 1 aromatic carbocycles. The SMILES string of the molecule is O=C(COc1ccccc1)NCCCCI. The van der Waals surface area contributed by atoms with Gasteiger partial charge < -0.3 is 10.1 Å². The van der Waals surface area contributed by atoms with Gasteiger partial charge in [0.05, 0.1) is 0 Å². The van der Waals surface area contributed by atoms with Crippen molar-refractivity contribution in [2.75, 3.05) is 17.6 Å². The molecule has 4 heteroatoms. The van der Waals surface area contributed by atoms with Crippen LogP contribution < -0.4 is 10.1 Å². The van der Waals surface area contributed by atoms with Crippen molar-refractivity contribution in [1.82, 2.24) is 5.32 Å². The number of amides is 1. The summed E-state index contributed by atoms with van der Waals surface area (Å²) in [6.07, 6.45) is 2.17. The first-order valence-corrected chi connectivity index (χ1v) is 6.86. The third kappa shape index (κ3) is 5.95. The molecule has 0 spiro atoms. The van der Waals surface area contributed by atoms with Crippen molar-refractivity contribution >= 4 is 28.5 Å². The van der Waals surface area contributed by atoms with Crippen LogP contribution in [0.2, 0.25) is 0 Å². The summed E-state index contributed by atoms with van der Waals surface area (Å²) < 4.78 is 6.44. The predicted molar refractivity (Wildman–Crippen MR) is 73.1 cm³/mol. The number of alkyl halides is 1. The lowest BCUT2D eigenvalue weighted by molar-refractivity contribution is -0.123. The zero-order valence-electron chi connectivity index (χ0n) is 9.12. The molecule has 1 amide bonds. The fraction of sp³-hybridized carbons (Fsp3) is 0.417.